The van der Waals surface area contributed by atoms with Gasteiger partial charge in [-0.3, -0.25) is 14.7 Å². The van der Waals surface area contributed by atoms with Gasteiger partial charge in [-0.15, -0.1) is 5.10 Å². The largest absolute Gasteiger partial charge is 0.461 e. The highest BCUT2D eigenvalue weighted by Gasteiger charge is 2.16. The van der Waals surface area contributed by atoms with E-state index in [2.05, 4.69) is 25.8 Å². The number of nitrogens with one attached hydrogen (secondary N) is 3. The van der Waals surface area contributed by atoms with E-state index in [0.29, 0.717) is 23.0 Å². The quantitative estimate of drug-likeness (QED) is 0.625. The summed E-state index contributed by atoms with van der Waals surface area (Å²) in [7, 11) is 0. The molecule has 3 aromatic rings. The smallest absolute Gasteiger partial charge is 0.313 e. The Labute approximate surface area is 141 Å². The zero-order chi connectivity index (χ0) is 17.8. The fourth-order valence-corrected chi connectivity index (χ4v) is 2.04. The van der Waals surface area contributed by atoms with Crippen molar-refractivity contribution in [2.24, 2.45) is 0 Å². The number of aromatic amines is 1. The molecule has 0 fully saturated rings. The minimum atomic E-state index is -0.903. The SMILES string of the molecule is Cc1ccc(F)cc1NC(=O)C(=O)NCc1nc(-c2ccco2)n[nH]1. The van der Waals surface area contributed by atoms with E-state index in [-0.39, 0.29) is 12.2 Å². The minimum Gasteiger partial charge on any atom is -0.461 e. The topological polar surface area (TPSA) is 113 Å². The van der Waals surface area contributed by atoms with Crippen LogP contribution >= 0.6 is 0 Å². The highest BCUT2D eigenvalue weighted by Crippen LogP contribution is 2.16. The second-order valence-electron chi connectivity index (χ2n) is 5.18. The van der Waals surface area contributed by atoms with Crippen LogP contribution in [0.15, 0.2) is 41.0 Å². The summed E-state index contributed by atoms with van der Waals surface area (Å²) >= 11 is 0. The van der Waals surface area contributed by atoms with Gasteiger partial charge in [0, 0.05) is 5.69 Å². The first kappa shape index (κ1) is 16.4. The standard InChI is InChI=1S/C16H14FN5O3/c1-9-4-5-10(17)7-11(9)19-16(24)15(23)18-8-13-20-14(22-21-13)12-3-2-6-25-12/h2-7H,8H2,1H3,(H,18,23)(H,19,24)(H,20,21,22). The van der Waals surface area contributed by atoms with Crippen LogP contribution in [-0.2, 0) is 16.1 Å². The minimum absolute atomic E-state index is 0.0257. The molecule has 3 rings (SSSR count). The molecule has 0 saturated heterocycles. The number of halogens is 1. The number of amides is 2. The van der Waals surface area contributed by atoms with Crippen molar-refractivity contribution in [2.75, 3.05) is 5.32 Å². The van der Waals surface area contributed by atoms with Gasteiger partial charge in [0.15, 0.2) is 5.76 Å². The third-order valence-corrected chi connectivity index (χ3v) is 3.34. The predicted octanol–water partition coefficient (Wildman–Crippen LogP) is 1.77. The number of aryl methyl sites for hydroxylation is 1. The number of furan rings is 1. The van der Waals surface area contributed by atoms with E-state index < -0.39 is 17.6 Å². The average Bonchev–Trinajstić information content (AvgIpc) is 3.26. The van der Waals surface area contributed by atoms with Crippen molar-refractivity contribution in [2.45, 2.75) is 13.5 Å². The van der Waals surface area contributed by atoms with Gasteiger partial charge < -0.3 is 15.1 Å². The van der Waals surface area contributed by atoms with E-state index in [1.54, 1.807) is 19.1 Å². The summed E-state index contributed by atoms with van der Waals surface area (Å²) < 4.78 is 18.4. The number of rotatable bonds is 4. The van der Waals surface area contributed by atoms with E-state index in [1.165, 1.54) is 18.4 Å². The molecule has 0 saturated carbocycles. The van der Waals surface area contributed by atoms with Gasteiger partial charge in [-0.05, 0) is 36.8 Å². The van der Waals surface area contributed by atoms with Gasteiger partial charge in [0.2, 0.25) is 5.82 Å². The van der Waals surface area contributed by atoms with Crippen LogP contribution in [0.1, 0.15) is 11.4 Å². The van der Waals surface area contributed by atoms with Crippen LogP contribution in [0.3, 0.4) is 0 Å². The van der Waals surface area contributed by atoms with Crippen LogP contribution in [0.5, 0.6) is 0 Å². The third kappa shape index (κ3) is 3.89. The number of carbonyl (C=O) groups excluding carboxylic acids is 2. The Hall–Kier alpha value is -3.49. The summed E-state index contributed by atoms with van der Waals surface area (Å²) in [5, 5.41) is 11.3. The van der Waals surface area contributed by atoms with E-state index in [4.69, 9.17) is 4.42 Å². The van der Waals surface area contributed by atoms with Crippen molar-refractivity contribution in [3.63, 3.8) is 0 Å². The second-order valence-corrected chi connectivity index (χ2v) is 5.18. The third-order valence-electron chi connectivity index (χ3n) is 3.34. The van der Waals surface area contributed by atoms with Crippen molar-refractivity contribution in [1.82, 2.24) is 20.5 Å². The number of anilines is 1. The molecule has 0 aliphatic heterocycles. The molecular formula is C16H14FN5O3. The molecule has 0 bridgehead atoms. The van der Waals surface area contributed by atoms with Crippen molar-refractivity contribution in [3.8, 4) is 11.6 Å². The lowest BCUT2D eigenvalue weighted by Crippen LogP contribution is -2.35. The second kappa shape index (κ2) is 6.95. The molecule has 0 unspecified atom stereocenters. The summed E-state index contributed by atoms with van der Waals surface area (Å²) in [4.78, 5) is 27.9. The van der Waals surface area contributed by atoms with Crippen molar-refractivity contribution >= 4 is 17.5 Å². The zero-order valence-electron chi connectivity index (χ0n) is 13.2. The fraction of sp³-hybridized carbons (Fsp3) is 0.125. The predicted molar refractivity (Wildman–Crippen MR) is 85.7 cm³/mol. The molecule has 0 radical (unpaired) electrons. The molecule has 0 aliphatic carbocycles. The number of hydrogen-bond donors (Lipinski definition) is 3. The first-order valence-electron chi connectivity index (χ1n) is 7.33. The number of nitrogens with zero attached hydrogens (tertiary/aromatic N) is 2. The molecule has 2 amide bonds. The zero-order valence-corrected chi connectivity index (χ0v) is 13.2. The molecule has 0 spiro atoms. The number of H-pyrrole nitrogens is 1. The molecule has 9 heteroatoms. The highest BCUT2D eigenvalue weighted by atomic mass is 19.1. The van der Waals surface area contributed by atoms with E-state index in [0.717, 1.165) is 6.07 Å². The first-order valence-corrected chi connectivity index (χ1v) is 7.33. The van der Waals surface area contributed by atoms with Gasteiger partial charge in [-0.1, -0.05) is 6.07 Å². The molecule has 1 aromatic carbocycles. The Balaban J connectivity index is 1.57. The summed E-state index contributed by atoms with van der Waals surface area (Å²) in [6.45, 7) is 1.67. The normalized spacial score (nSPS) is 10.5. The summed E-state index contributed by atoms with van der Waals surface area (Å²) in [5.41, 5.74) is 0.876. The summed E-state index contributed by atoms with van der Waals surface area (Å²) in [6.07, 6.45) is 1.49. The lowest BCUT2D eigenvalue weighted by Gasteiger charge is -2.08. The maximum Gasteiger partial charge on any atom is 0.313 e. The number of benzene rings is 1. The number of hydrogen-bond acceptors (Lipinski definition) is 5. The summed E-state index contributed by atoms with van der Waals surface area (Å²) in [5.74, 6) is -1.11. The Morgan fingerprint density at radius 1 is 1.28 bits per heavy atom. The molecule has 128 valence electrons. The molecule has 25 heavy (non-hydrogen) atoms. The monoisotopic (exact) mass is 343 g/mol. The van der Waals surface area contributed by atoms with Crippen LogP contribution in [0, 0.1) is 12.7 Å². The van der Waals surface area contributed by atoms with Gasteiger partial charge >= 0.3 is 11.8 Å². The Kier molecular flexibility index (Phi) is 4.55. The van der Waals surface area contributed by atoms with Crippen LogP contribution < -0.4 is 10.6 Å². The molecule has 3 N–H and O–H groups in total. The van der Waals surface area contributed by atoms with Gasteiger partial charge in [-0.2, -0.15) is 0 Å². The van der Waals surface area contributed by atoms with Gasteiger partial charge in [0.25, 0.3) is 0 Å². The van der Waals surface area contributed by atoms with Gasteiger partial charge in [0.05, 0.1) is 12.8 Å². The molecule has 2 aromatic heterocycles. The highest BCUT2D eigenvalue weighted by molar-refractivity contribution is 6.39. The number of aromatic nitrogens is 3. The van der Waals surface area contributed by atoms with Crippen LogP contribution in [0.2, 0.25) is 0 Å². The van der Waals surface area contributed by atoms with Gasteiger partial charge in [0.1, 0.15) is 11.6 Å². The fourth-order valence-electron chi connectivity index (χ4n) is 2.04. The Morgan fingerprint density at radius 2 is 2.12 bits per heavy atom. The Bertz CT molecular complexity index is 904. The lowest BCUT2D eigenvalue weighted by molar-refractivity contribution is -0.136. The van der Waals surface area contributed by atoms with E-state index in [1.807, 2.05) is 0 Å². The van der Waals surface area contributed by atoms with Crippen LogP contribution in [0.25, 0.3) is 11.6 Å². The van der Waals surface area contributed by atoms with Crippen LogP contribution in [-0.4, -0.2) is 27.0 Å². The molecule has 0 atom stereocenters. The van der Waals surface area contributed by atoms with Gasteiger partial charge in [-0.25, -0.2) is 9.37 Å². The molecule has 0 aliphatic rings. The lowest BCUT2D eigenvalue weighted by atomic mass is 10.2. The first-order chi connectivity index (χ1) is 12.0. The van der Waals surface area contributed by atoms with E-state index >= 15 is 0 Å². The molecule has 8 nitrogen and oxygen atoms in total. The average molecular weight is 343 g/mol. The molecular weight excluding hydrogens is 329 g/mol. The van der Waals surface area contributed by atoms with Crippen molar-refractivity contribution in [1.29, 1.82) is 0 Å². The molecule has 2 heterocycles. The Morgan fingerprint density at radius 3 is 2.88 bits per heavy atom. The van der Waals surface area contributed by atoms with E-state index in [9.17, 15) is 14.0 Å². The summed E-state index contributed by atoms with van der Waals surface area (Å²) in [6, 6.07) is 7.32. The van der Waals surface area contributed by atoms with Crippen LogP contribution in [0.4, 0.5) is 10.1 Å². The van der Waals surface area contributed by atoms with Crippen molar-refractivity contribution in [3.05, 3.63) is 53.8 Å². The maximum absolute atomic E-state index is 13.2. The number of carbonyl (C=O) groups is 2. The van der Waals surface area contributed by atoms with Crippen molar-refractivity contribution < 1.29 is 18.4 Å². The maximum atomic E-state index is 13.2.